The monoisotopic (exact) mass is 320 g/mol. The lowest BCUT2D eigenvalue weighted by Gasteiger charge is -2.10. The van der Waals surface area contributed by atoms with E-state index in [0.717, 1.165) is 31.4 Å². The van der Waals surface area contributed by atoms with Gasteiger partial charge in [-0.2, -0.15) is 0 Å². The molecule has 4 nitrogen and oxygen atoms in total. The van der Waals surface area contributed by atoms with Crippen LogP contribution in [0.5, 0.6) is 0 Å². The Morgan fingerprint density at radius 2 is 2.10 bits per heavy atom. The van der Waals surface area contributed by atoms with Gasteiger partial charge in [0.05, 0.1) is 17.1 Å². The Labute approximate surface area is 121 Å². The molecule has 0 aliphatic heterocycles. The van der Waals surface area contributed by atoms with Gasteiger partial charge in [-0.15, -0.1) is 0 Å². The highest BCUT2D eigenvalue weighted by Crippen LogP contribution is 2.32. The third kappa shape index (κ3) is 3.70. The van der Waals surface area contributed by atoms with Gasteiger partial charge in [0.15, 0.2) is 0 Å². The zero-order chi connectivity index (χ0) is 14.9. The molecule has 0 saturated heterocycles. The van der Waals surface area contributed by atoms with Crippen molar-refractivity contribution in [3.63, 3.8) is 0 Å². The Hall–Kier alpha value is -1.14. The van der Waals surface area contributed by atoms with E-state index in [9.17, 15) is 17.6 Å². The maximum absolute atomic E-state index is 13.4. The van der Waals surface area contributed by atoms with Crippen molar-refractivity contribution < 1.29 is 22.3 Å². The highest BCUT2D eigenvalue weighted by atomic mass is 35.7. The molecule has 7 heteroatoms. The molecule has 110 valence electrons. The Balaban J connectivity index is 2.21. The molecule has 0 unspecified atom stereocenters. The fraction of sp³-hybridized carbons (Fsp3) is 0.462. The molecule has 1 saturated carbocycles. The normalized spacial score (nSPS) is 15.2. The Morgan fingerprint density at radius 3 is 2.65 bits per heavy atom. The summed E-state index contributed by atoms with van der Waals surface area (Å²) in [6, 6.07) is 1.75. The molecule has 1 aliphatic carbocycles. The molecule has 0 amide bonds. The van der Waals surface area contributed by atoms with Crippen LogP contribution in [-0.4, -0.2) is 21.0 Å². The summed E-state index contributed by atoms with van der Waals surface area (Å²) in [6.45, 7) is 1.65. The quantitative estimate of drug-likeness (QED) is 0.618. The molecule has 1 aromatic rings. The molecule has 1 aromatic carbocycles. The average Bonchev–Trinajstić information content (AvgIpc) is 3.14. The van der Waals surface area contributed by atoms with Crippen LogP contribution in [0.2, 0.25) is 0 Å². The van der Waals surface area contributed by atoms with Gasteiger partial charge < -0.3 is 4.74 Å². The van der Waals surface area contributed by atoms with Crippen LogP contribution < -0.4 is 0 Å². The van der Waals surface area contributed by atoms with Gasteiger partial charge in [-0.25, -0.2) is 17.6 Å². The zero-order valence-electron chi connectivity index (χ0n) is 10.9. The largest absolute Gasteiger partial charge is 0.462 e. The van der Waals surface area contributed by atoms with Gasteiger partial charge in [0.2, 0.25) is 0 Å². The van der Waals surface area contributed by atoms with Gasteiger partial charge in [-0.1, -0.05) is 12.8 Å². The lowest BCUT2D eigenvalue weighted by atomic mass is 10.1. The lowest BCUT2D eigenvalue weighted by molar-refractivity contribution is 0.0493. The minimum absolute atomic E-state index is 0.0952. The van der Waals surface area contributed by atoms with Crippen molar-refractivity contribution in [3.8, 4) is 0 Å². The van der Waals surface area contributed by atoms with Crippen LogP contribution in [0.3, 0.4) is 0 Å². The van der Waals surface area contributed by atoms with E-state index in [0.29, 0.717) is 5.92 Å². The summed E-state index contributed by atoms with van der Waals surface area (Å²) in [5.74, 6) is -0.969. The van der Waals surface area contributed by atoms with E-state index in [1.165, 1.54) is 6.92 Å². The molecule has 0 N–H and O–H groups in total. The van der Waals surface area contributed by atoms with Gasteiger partial charge in [0, 0.05) is 10.7 Å². The van der Waals surface area contributed by atoms with Crippen molar-refractivity contribution in [3.05, 3.63) is 29.1 Å². The number of esters is 1. The first-order valence-corrected chi connectivity index (χ1v) is 8.52. The summed E-state index contributed by atoms with van der Waals surface area (Å²) in [4.78, 5) is 11.5. The molecule has 0 spiro atoms. The van der Waals surface area contributed by atoms with E-state index >= 15 is 0 Å². The van der Waals surface area contributed by atoms with E-state index in [2.05, 4.69) is 0 Å². The van der Waals surface area contributed by atoms with Gasteiger partial charge in [-0.05, 0) is 37.0 Å². The Kier molecular flexibility index (Phi) is 4.34. The maximum atomic E-state index is 13.4. The smallest absolute Gasteiger partial charge is 0.338 e. The van der Waals surface area contributed by atoms with Crippen LogP contribution in [-0.2, 0) is 13.8 Å². The third-order valence-electron chi connectivity index (χ3n) is 3.26. The number of carbonyl (C=O) groups is 1. The summed E-state index contributed by atoms with van der Waals surface area (Å²) in [5, 5.41) is 0. The fourth-order valence-electron chi connectivity index (χ4n) is 1.92. The second-order valence-corrected chi connectivity index (χ2v) is 7.42. The number of ether oxygens (including phenoxy) is 1. The summed E-state index contributed by atoms with van der Waals surface area (Å²) in [6.07, 6.45) is 3.07. The van der Waals surface area contributed by atoms with Gasteiger partial charge >= 0.3 is 5.97 Å². The molecule has 0 bridgehead atoms. The number of rotatable bonds is 5. The van der Waals surface area contributed by atoms with E-state index < -0.39 is 25.7 Å². The predicted octanol–water partition coefficient (Wildman–Crippen LogP) is 3.02. The van der Waals surface area contributed by atoms with Crippen LogP contribution in [0.25, 0.3) is 0 Å². The Bertz CT molecular complexity index is 638. The maximum Gasteiger partial charge on any atom is 0.338 e. The van der Waals surface area contributed by atoms with Crippen molar-refractivity contribution in [1.29, 1.82) is 0 Å². The van der Waals surface area contributed by atoms with Crippen molar-refractivity contribution in [2.75, 3.05) is 6.61 Å². The molecular formula is C13H14ClFO4S. The van der Waals surface area contributed by atoms with Crippen molar-refractivity contribution in [2.45, 2.75) is 31.1 Å². The zero-order valence-corrected chi connectivity index (χ0v) is 12.4. The van der Waals surface area contributed by atoms with Gasteiger partial charge in [0.25, 0.3) is 9.05 Å². The number of hydrogen-bond donors (Lipinski definition) is 0. The second kappa shape index (κ2) is 5.69. The van der Waals surface area contributed by atoms with Crippen LogP contribution in [0.15, 0.2) is 17.0 Å². The van der Waals surface area contributed by atoms with E-state index in [1.807, 2.05) is 0 Å². The summed E-state index contributed by atoms with van der Waals surface area (Å²) in [7, 11) is 1.11. The summed E-state index contributed by atoms with van der Waals surface area (Å²) in [5.41, 5.74) is -0.0159. The first-order valence-electron chi connectivity index (χ1n) is 6.21. The Morgan fingerprint density at radius 1 is 1.45 bits per heavy atom. The van der Waals surface area contributed by atoms with Crippen LogP contribution in [0.4, 0.5) is 4.39 Å². The first-order chi connectivity index (χ1) is 9.29. The molecule has 0 atom stereocenters. The van der Waals surface area contributed by atoms with Crippen molar-refractivity contribution in [1.82, 2.24) is 0 Å². The van der Waals surface area contributed by atoms with Crippen LogP contribution in [0.1, 0.15) is 35.2 Å². The van der Waals surface area contributed by atoms with Gasteiger partial charge in [0.1, 0.15) is 5.82 Å². The molecule has 0 radical (unpaired) electrons. The number of carbonyl (C=O) groups excluding carboxylic acids is 1. The van der Waals surface area contributed by atoms with Crippen LogP contribution >= 0.6 is 10.7 Å². The van der Waals surface area contributed by atoms with Crippen molar-refractivity contribution in [2.24, 2.45) is 5.92 Å². The summed E-state index contributed by atoms with van der Waals surface area (Å²) < 4.78 is 41.1. The SMILES string of the molecule is Cc1c(C(=O)OCCC2CC2)cc(F)cc1S(=O)(=O)Cl. The minimum Gasteiger partial charge on any atom is -0.462 e. The molecule has 2 rings (SSSR count). The molecule has 1 fully saturated rings. The molecule has 0 heterocycles. The summed E-state index contributed by atoms with van der Waals surface area (Å²) >= 11 is 0. The van der Waals surface area contributed by atoms with E-state index in [1.54, 1.807) is 0 Å². The topological polar surface area (TPSA) is 60.4 Å². The highest BCUT2D eigenvalue weighted by Gasteiger charge is 2.24. The minimum atomic E-state index is -4.11. The molecule has 1 aliphatic rings. The number of halogens is 2. The predicted molar refractivity (Wildman–Crippen MR) is 71.8 cm³/mol. The van der Waals surface area contributed by atoms with E-state index in [4.69, 9.17) is 15.4 Å². The van der Waals surface area contributed by atoms with Crippen molar-refractivity contribution >= 4 is 25.7 Å². The first kappa shape index (κ1) is 15.3. The standard InChI is InChI=1S/C13H14ClFO4S/c1-8-11(13(16)19-5-4-9-2-3-9)6-10(15)7-12(8)20(14,17)18/h6-7,9H,2-5H2,1H3. The molecule has 0 aromatic heterocycles. The highest BCUT2D eigenvalue weighted by molar-refractivity contribution is 8.13. The average molecular weight is 321 g/mol. The van der Waals surface area contributed by atoms with E-state index in [-0.39, 0.29) is 17.7 Å². The fourth-order valence-corrected chi connectivity index (χ4v) is 3.13. The number of hydrogen-bond acceptors (Lipinski definition) is 4. The second-order valence-electron chi connectivity index (χ2n) is 4.88. The van der Waals surface area contributed by atoms with Gasteiger partial charge in [-0.3, -0.25) is 0 Å². The molecular weight excluding hydrogens is 307 g/mol. The number of benzene rings is 1. The third-order valence-corrected chi connectivity index (χ3v) is 4.71. The lowest BCUT2D eigenvalue weighted by Crippen LogP contribution is -2.11. The van der Waals surface area contributed by atoms with Crippen LogP contribution in [0, 0.1) is 18.7 Å². The molecule has 20 heavy (non-hydrogen) atoms.